The highest BCUT2D eigenvalue weighted by Gasteiger charge is 2.24. The van der Waals surface area contributed by atoms with Crippen LogP contribution in [0.4, 0.5) is 5.69 Å². The van der Waals surface area contributed by atoms with Crippen LogP contribution in [0.1, 0.15) is 19.4 Å². The van der Waals surface area contributed by atoms with E-state index in [4.69, 9.17) is 4.74 Å². The molecular formula is C19H21NO2. The summed E-state index contributed by atoms with van der Waals surface area (Å²) in [4.78, 5) is 12.4. The molecule has 0 aliphatic rings. The molecule has 0 radical (unpaired) electrons. The Morgan fingerprint density at radius 2 is 1.68 bits per heavy atom. The fraction of sp³-hybridized carbons (Fsp3) is 0.211. The maximum absolute atomic E-state index is 12.4. The lowest BCUT2D eigenvalue weighted by molar-refractivity contribution is -0.121. The molecule has 114 valence electrons. The van der Waals surface area contributed by atoms with E-state index in [1.165, 1.54) is 0 Å². The lowest BCUT2D eigenvalue weighted by Gasteiger charge is -2.19. The zero-order chi connectivity index (χ0) is 16.0. The summed E-state index contributed by atoms with van der Waals surface area (Å²) in [7, 11) is 1.64. The molecule has 0 saturated carbocycles. The number of anilines is 1. The molecule has 0 atom stereocenters. The molecule has 2 aromatic rings. The number of rotatable bonds is 5. The van der Waals surface area contributed by atoms with Gasteiger partial charge in [0.1, 0.15) is 5.75 Å². The van der Waals surface area contributed by atoms with Crippen molar-refractivity contribution in [3.05, 3.63) is 66.2 Å². The summed E-state index contributed by atoms with van der Waals surface area (Å²) in [6.07, 6.45) is 3.86. The number of hydrogen-bond donors (Lipinski definition) is 1. The van der Waals surface area contributed by atoms with Gasteiger partial charge in [-0.05, 0) is 43.7 Å². The molecule has 0 aromatic heterocycles. The first kappa shape index (κ1) is 15.8. The Hall–Kier alpha value is -2.55. The second-order valence-corrected chi connectivity index (χ2v) is 5.65. The van der Waals surface area contributed by atoms with E-state index < -0.39 is 5.41 Å². The molecule has 0 unspecified atom stereocenters. The summed E-state index contributed by atoms with van der Waals surface area (Å²) in [6.45, 7) is 3.79. The van der Waals surface area contributed by atoms with E-state index in [1.807, 2.05) is 80.6 Å². The van der Waals surface area contributed by atoms with Crippen molar-refractivity contribution in [3.63, 3.8) is 0 Å². The quantitative estimate of drug-likeness (QED) is 0.889. The van der Waals surface area contributed by atoms with Crippen LogP contribution in [0.15, 0.2) is 60.7 Å². The van der Waals surface area contributed by atoms with Crippen LogP contribution in [-0.2, 0) is 4.79 Å². The van der Waals surface area contributed by atoms with Crippen LogP contribution < -0.4 is 10.1 Å². The number of amides is 1. The lowest BCUT2D eigenvalue weighted by atomic mass is 9.91. The van der Waals surface area contributed by atoms with Crippen LogP contribution in [0.25, 0.3) is 6.08 Å². The van der Waals surface area contributed by atoms with Gasteiger partial charge in [-0.25, -0.2) is 0 Å². The molecule has 1 amide bonds. The van der Waals surface area contributed by atoms with Gasteiger partial charge < -0.3 is 10.1 Å². The Morgan fingerprint density at radius 3 is 2.27 bits per heavy atom. The van der Waals surface area contributed by atoms with Gasteiger partial charge in [-0.1, -0.05) is 42.5 Å². The van der Waals surface area contributed by atoms with Crippen LogP contribution in [-0.4, -0.2) is 13.0 Å². The number of nitrogens with one attached hydrogen (secondary N) is 1. The highest BCUT2D eigenvalue weighted by Crippen LogP contribution is 2.22. The van der Waals surface area contributed by atoms with Gasteiger partial charge in [0.2, 0.25) is 5.91 Å². The molecule has 0 spiro atoms. The molecule has 0 heterocycles. The summed E-state index contributed by atoms with van der Waals surface area (Å²) < 4.78 is 5.13. The van der Waals surface area contributed by atoms with Crippen LogP contribution >= 0.6 is 0 Å². The van der Waals surface area contributed by atoms with Crippen LogP contribution in [0.5, 0.6) is 5.75 Å². The first-order valence-electron chi connectivity index (χ1n) is 7.21. The van der Waals surface area contributed by atoms with E-state index in [2.05, 4.69) is 5.32 Å². The Bertz CT molecular complexity index is 643. The van der Waals surface area contributed by atoms with Gasteiger partial charge >= 0.3 is 0 Å². The predicted molar refractivity (Wildman–Crippen MR) is 90.9 cm³/mol. The third kappa shape index (κ3) is 4.22. The number of hydrogen-bond acceptors (Lipinski definition) is 2. The summed E-state index contributed by atoms with van der Waals surface area (Å²) in [5, 5.41) is 2.93. The summed E-state index contributed by atoms with van der Waals surface area (Å²) >= 11 is 0. The molecule has 0 aliphatic carbocycles. The fourth-order valence-corrected chi connectivity index (χ4v) is 1.91. The molecule has 22 heavy (non-hydrogen) atoms. The molecule has 0 bridgehead atoms. The summed E-state index contributed by atoms with van der Waals surface area (Å²) in [5.41, 5.74) is 1.23. The maximum Gasteiger partial charge on any atom is 0.233 e. The average molecular weight is 295 g/mol. The fourth-order valence-electron chi connectivity index (χ4n) is 1.91. The van der Waals surface area contributed by atoms with Crippen molar-refractivity contribution in [1.29, 1.82) is 0 Å². The minimum Gasteiger partial charge on any atom is -0.497 e. The topological polar surface area (TPSA) is 38.3 Å². The monoisotopic (exact) mass is 295 g/mol. The molecule has 0 fully saturated rings. The van der Waals surface area contributed by atoms with Crippen molar-refractivity contribution in [2.45, 2.75) is 13.8 Å². The molecular weight excluding hydrogens is 274 g/mol. The molecule has 0 saturated heterocycles. The molecule has 3 heteroatoms. The first-order chi connectivity index (χ1) is 10.5. The normalized spacial score (nSPS) is 11.4. The smallest absolute Gasteiger partial charge is 0.233 e. The number of carbonyl (C=O) groups is 1. The van der Waals surface area contributed by atoms with Gasteiger partial charge in [-0.2, -0.15) is 0 Å². The number of carbonyl (C=O) groups excluding carboxylic acids is 1. The molecule has 3 nitrogen and oxygen atoms in total. The average Bonchev–Trinajstić information content (AvgIpc) is 2.54. The highest BCUT2D eigenvalue weighted by molar-refractivity contribution is 5.96. The summed E-state index contributed by atoms with van der Waals surface area (Å²) in [5.74, 6) is 0.779. The number of ether oxygens (including phenoxy) is 1. The number of para-hydroxylation sites is 1. The van der Waals surface area contributed by atoms with Gasteiger partial charge in [0.15, 0.2) is 0 Å². The number of methoxy groups -OCH3 is 1. The second kappa shape index (κ2) is 6.94. The zero-order valence-corrected chi connectivity index (χ0v) is 13.2. The minimum absolute atomic E-state index is 0.0385. The van der Waals surface area contributed by atoms with Crippen molar-refractivity contribution in [3.8, 4) is 5.75 Å². The minimum atomic E-state index is -0.601. The van der Waals surface area contributed by atoms with E-state index in [0.717, 1.165) is 17.0 Å². The van der Waals surface area contributed by atoms with Crippen molar-refractivity contribution in [2.24, 2.45) is 5.41 Å². The Labute approximate surface area is 131 Å². The van der Waals surface area contributed by atoms with Crippen molar-refractivity contribution in [2.75, 3.05) is 12.4 Å². The van der Waals surface area contributed by atoms with Crippen LogP contribution in [0, 0.1) is 5.41 Å². The van der Waals surface area contributed by atoms with E-state index in [9.17, 15) is 4.79 Å². The Balaban J connectivity index is 2.05. The largest absolute Gasteiger partial charge is 0.497 e. The van der Waals surface area contributed by atoms with Crippen LogP contribution in [0.3, 0.4) is 0 Å². The van der Waals surface area contributed by atoms with Gasteiger partial charge in [-0.15, -0.1) is 0 Å². The predicted octanol–water partition coefficient (Wildman–Crippen LogP) is 4.37. The van der Waals surface area contributed by atoms with Gasteiger partial charge in [0.05, 0.1) is 12.5 Å². The van der Waals surface area contributed by atoms with Gasteiger partial charge in [-0.3, -0.25) is 4.79 Å². The molecule has 1 N–H and O–H groups in total. The number of benzene rings is 2. The maximum atomic E-state index is 12.4. The van der Waals surface area contributed by atoms with E-state index >= 15 is 0 Å². The van der Waals surface area contributed by atoms with E-state index in [1.54, 1.807) is 7.11 Å². The van der Waals surface area contributed by atoms with Crippen molar-refractivity contribution >= 4 is 17.7 Å². The van der Waals surface area contributed by atoms with E-state index in [-0.39, 0.29) is 5.91 Å². The second-order valence-electron chi connectivity index (χ2n) is 5.65. The lowest BCUT2D eigenvalue weighted by Crippen LogP contribution is -2.28. The van der Waals surface area contributed by atoms with E-state index in [0.29, 0.717) is 0 Å². The van der Waals surface area contributed by atoms with Crippen molar-refractivity contribution in [1.82, 2.24) is 0 Å². The van der Waals surface area contributed by atoms with Crippen LogP contribution in [0.2, 0.25) is 0 Å². The molecule has 2 aromatic carbocycles. The van der Waals surface area contributed by atoms with Gasteiger partial charge in [0.25, 0.3) is 0 Å². The van der Waals surface area contributed by atoms with Crippen molar-refractivity contribution < 1.29 is 9.53 Å². The summed E-state index contributed by atoms with van der Waals surface area (Å²) in [6, 6.07) is 17.2. The highest BCUT2D eigenvalue weighted by atomic mass is 16.5. The SMILES string of the molecule is COc1ccc(/C=C/C(C)(C)C(=O)Nc2ccccc2)cc1. The van der Waals surface area contributed by atoms with Gasteiger partial charge in [0, 0.05) is 5.69 Å². The third-order valence-corrected chi connectivity index (χ3v) is 3.43. The standard InChI is InChI=1S/C19H21NO2/c1-19(2,18(21)20-16-7-5-4-6-8-16)14-13-15-9-11-17(22-3)12-10-15/h4-14H,1-3H3,(H,20,21)/b14-13+. The molecule has 2 rings (SSSR count). The first-order valence-corrected chi connectivity index (χ1v) is 7.21. The third-order valence-electron chi connectivity index (χ3n) is 3.43. The Morgan fingerprint density at radius 1 is 1.05 bits per heavy atom. The molecule has 0 aliphatic heterocycles. The Kier molecular flexibility index (Phi) is 4.99. The zero-order valence-electron chi connectivity index (χ0n) is 13.2.